The predicted molar refractivity (Wildman–Crippen MR) is 52.5 cm³/mol. The number of nitrogens with one attached hydrogen (secondary N) is 1. The van der Waals surface area contributed by atoms with Gasteiger partial charge in [-0.15, -0.1) is 12.4 Å². The summed E-state index contributed by atoms with van der Waals surface area (Å²) in [5, 5.41) is 7.17. The SMILES string of the molecule is COCc1nc(C2CCNC2)no1.Cl. The molecule has 1 saturated heterocycles. The first-order valence-corrected chi connectivity index (χ1v) is 4.42. The Bertz CT molecular complexity index is 273. The lowest BCUT2D eigenvalue weighted by Crippen LogP contribution is -2.08. The Morgan fingerprint density at radius 3 is 3.14 bits per heavy atom. The third kappa shape index (κ3) is 2.43. The van der Waals surface area contributed by atoms with Crippen molar-refractivity contribution in [2.75, 3.05) is 20.2 Å². The highest BCUT2D eigenvalue weighted by molar-refractivity contribution is 5.85. The highest BCUT2D eigenvalue weighted by atomic mass is 35.5. The molecule has 1 atom stereocenters. The smallest absolute Gasteiger partial charge is 0.252 e. The van der Waals surface area contributed by atoms with Gasteiger partial charge in [0.1, 0.15) is 6.61 Å². The van der Waals surface area contributed by atoms with Gasteiger partial charge < -0.3 is 14.6 Å². The summed E-state index contributed by atoms with van der Waals surface area (Å²) in [6.07, 6.45) is 1.09. The zero-order valence-corrected chi connectivity index (χ0v) is 8.84. The summed E-state index contributed by atoms with van der Waals surface area (Å²) < 4.78 is 9.90. The van der Waals surface area contributed by atoms with E-state index in [9.17, 15) is 0 Å². The van der Waals surface area contributed by atoms with Crippen LogP contribution < -0.4 is 5.32 Å². The number of hydrogen-bond acceptors (Lipinski definition) is 5. The topological polar surface area (TPSA) is 60.2 Å². The molecule has 1 aliphatic heterocycles. The molecule has 1 aromatic rings. The van der Waals surface area contributed by atoms with Gasteiger partial charge in [0.05, 0.1) is 0 Å². The van der Waals surface area contributed by atoms with E-state index in [4.69, 9.17) is 9.26 Å². The molecule has 2 heterocycles. The van der Waals surface area contributed by atoms with Gasteiger partial charge in [-0.2, -0.15) is 4.98 Å². The standard InChI is InChI=1S/C8H13N3O2.ClH/c1-12-5-7-10-8(11-13-7)6-2-3-9-4-6;/h6,9H,2-5H2,1H3;1H. The summed E-state index contributed by atoms with van der Waals surface area (Å²) in [4.78, 5) is 4.24. The zero-order valence-electron chi connectivity index (χ0n) is 8.02. The Kier molecular flexibility index (Phi) is 4.31. The van der Waals surface area contributed by atoms with E-state index in [1.54, 1.807) is 7.11 Å². The average Bonchev–Trinajstić information content (AvgIpc) is 2.70. The molecule has 5 nitrogen and oxygen atoms in total. The summed E-state index contributed by atoms with van der Waals surface area (Å²) in [5.41, 5.74) is 0. The van der Waals surface area contributed by atoms with E-state index in [-0.39, 0.29) is 12.4 Å². The van der Waals surface area contributed by atoms with E-state index in [0.29, 0.717) is 18.4 Å². The molecule has 6 heteroatoms. The van der Waals surface area contributed by atoms with Crippen molar-refractivity contribution in [3.8, 4) is 0 Å². The fraction of sp³-hybridized carbons (Fsp3) is 0.750. The van der Waals surface area contributed by atoms with Crippen LogP contribution in [0.2, 0.25) is 0 Å². The third-order valence-electron chi connectivity index (χ3n) is 2.18. The molecule has 80 valence electrons. The second-order valence-electron chi connectivity index (χ2n) is 3.17. The molecule has 0 aromatic carbocycles. The summed E-state index contributed by atoms with van der Waals surface area (Å²) in [5.74, 6) is 1.77. The Morgan fingerprint density at radius 1 is 1.64 bits per heavy atom. The highest BCUT2D eigenvalue weighted by Crippen LogP contribution is 2.18. The van der Waals surface area contributed by atoms with Crippen molar-refractivity contribution in [2.45, 2.75) is 18.9 Å². The van der Waals surface area contributed by atoms with Gasteiger partial charge in [-0.1, -0.05) is 5.16 Å². The minimum absolute atomic E-state index is 0. The Labute approximate surface area is 88.6 Å². The molecule has 0 saturated carbocycles. The maximum atomic E-state index is 5.00. The molecule has 0 bridgehead atoms. The largest absolute Gasteiger partial charge is 0.375 e. The second kappa shape index (κ2) is 5.29. The third-order valence-corrected chi connectivity index (χ3v) is 2.18. The van der Waals surface area contributed by atoms with E-state index in [2.05, 4.69) is 15.5 Å². The molecule has 0 aliphatic carbocycles. The Hall–Kier alpha value is -0.650. The molecule has 14 heavy (non-hydrogen) atoms. The van der Waals surface area contributed by atoms with Crippen LogP contribution in [-0.4, -0.2) is 30.3 Å². The van der Waals surface area contributed by atoms with Crippen LogP contribution in [0, 0.1) is 0 Å². The van der Waals surface area contributed by atoms with Gasteiger partial charge in [-0.05, 0) is 13.0 Å². The lowest BCUT2D eigenvalue weighted by atomic mass is 10.1. The van der Waals surface area contributed by atoms with Crippen molar-refractivity contribution in [1.82, 2.24) is 15.5 Å². The van der Waals surface area contributed by atoms with Crippen molar-refractivity contribution in [3.63, 3.8) is 0 Å². The van der Waals surface area contributed by atoms with Crippen LogP contribution in [0.3, 0.4) is 0 Å². The van der Waals surface area contributed by atoms with Crippen molar-refractivity contribution in [1.29, 1.82) is 0 Å². The van der Waals surface area contributed by atoms with E-state index in [0.717, 1.165) is 25.3 Å². The van der Waals surface area contributed by atoms with Crippen LogP contribution >= 0.6 is 12.4 Å². The van der Waals surface area contributed by atoms with E-state index in [1.807, 2.05) is 0 Å². The molecule has 0 spiro atoms. The van der Waals surface area contributed by atoms with Crippen molar-refractivity contribution >= 4 is 12.4 Å². The molecule has 0 radical (unpaired) electrons. The minimum atomic E-state index is 0. The molecule has 1 unspecified atom stereocenters. The summed E-state index contributed by atoms with van der Waals surface area (Å²) >= 11 is 0. The fourth-order valence-electron chi connectivity index (χ4n) is 1.49. The monoisotopic (exact) mass is 219 g/mol. The lowest BCUT2D eigenvalue weighted by Gasteiger charge is -1.98. The maximum absolute atomic E-state index is 5.00. The summed E-state index contributed by atoms with van der Waals surface area (Å²) in [6.45, 7) is 2.39. The quantitative estimate of drug-likeness (QED) is 0.812. The molecular formula is C8H14ClN3O2. The number of hydrogen-bond donors (Lipinski definition) is 1. The van der Waals surface area contributed by atoms with Crippen molar-refractivity contribution < 1.29 is 9.26 Å². The number of nitrogens with zero attached hydrogens (tertiary/aromatic N) is 2. The number of ether oxygens (including phenoxy) is 1. The Balaban J connectivity index is 0.000000980. The van der Waals surface area contributed by atoms with E-state index in [1.165, 1.54) is 0 Å². The van der Waals surface area contributed by atoms with Crippen LogP contribution in [0.25, 0.3) is 0 Å². The van der Waals surface area contributed by atoms with Gasteiger partial charge in [-0.25, -0.2) is 0 Å². The molecule has 1 fully saturated rings. The lowest BCUT2D eigenvalue weighted by molar-refractivity contribution is 0.151. The highest BCUT2D eigenvalue weighted by Gasteiger charge is 2.21. The van der Waals surface area contributed by atoms with Gasteiger partial charge in [0, 0.05) is 19.6 Å². The zero-order chi connectivity index (χ0) is 9.10. The van der Waals surface area contributed by atoms with Crippen LogP contribution in [0.4, 0.5) is 0 Å². The number of halogens is 1. The molecule has 1 aliphatic rings. The van der Waals surface area contributed by atoms with Gasteiger partial charge in [-0.3, -0.25) is 0 Å². The summed E-state index contributed by atoms with van der Waals surface area (Å²) in [7, 11) is 1.61. The van der Waals surface area contributed by atoms with Gasteiger partial charge in [0.25, 0.3) is 5.89 Å². The first-order chi connectivity index (χ1) is 6.40. The minimum Gasteiger partial charge on any atom is -0.375 e. The van der Waals surface area contributed by atoms with Gasteiger partial charge in [0.15, 0.2) is 5.82 Å². The van der Waals surface area contributed by atoms with Gasteiger partial charge >= 0.3 is 0 Å². The summed E-state index contributed by atoms with van der Waals surface area (Å²) in [6, 6.07) is 0. The molecule has 1 N–H and O–H groups in total. The molecular weight excluding hydrogens is 206 g/mol. The molecule has 0 amide bonds. The Morgan fingerprint density at radius 2 is 2.50 bits per heavy atom. The van der Waals surface area contributed by atoms with E-state index < -0.39 is 0 Å². The number of rotatable bonds is 3. The van der Waals surface area contributed by atoms with Crippen LogP contribution in [0.15, 0.2) is 4.52 Å². The molecule has 1 aromatic heterocycles. The average molecular weight is 220 g/mol. The van der Waals surface area contributed by atoms with Crippen molar-refractivity contribution in [2.24, 2.45) is 0 Å². The normalized spacial score (nSPS) is 20.8. The van der Waals surface area contributed by atoms with E-state index >= 15 is 0 Å². The maximum Gasteiger partial charge on any atom is 0.252 e. The van der Waals surface area contributed by atoms with Crippen molar-refractivity contribution in [3.05, 3.63) is 11.7 Å². The fourth-order valence-corrected chi connectivity index (χ4v) is 1.49. The first-order valence-electron chi connectivity index (χ1n) is 4.42. The number of methoxy groups -OCH3 is 1. The predicted octanol–water partition coefficient (Wildman–Crippen LogP) is 0.715. The van der Waals surface area contributed by atoms with Crippen LogP contribution in [0.5, 0.6) is 0 Å². The second-order valence-corrected chi connectivity index (χ2v) is 3.17. The molecule has 2 rings (SSSR count). The van der Waals surface area contributed by atoms with Crippen LogP contribution in [0.1, 0.15) is 24.1 Å². The number of aromatic nitrogens is 2. The van der Waals surface area contributed by atoms with Gasteiger partial charge in [0.2, 0.25) is 0 Å². The first kappa shape index (κ1) is 11.4. The van der Waals surface area contributed by atoms with Crippen LogP contribution in [-0.2, 0) is 11.3 Å².